The molecule has 6 aromatic rings. The summed E-state index contributed by atoms with van der Waals surface area (Å²) in [6, 6.07) is 33.7. The van der Waals surface area contributed by atoms with Crippen LogP contribution in [0.15, 0.2) is 95.7 Å². The molecule has 3 heterocycles. The Morgan fingerprint density at radius 2 is 1.62 bits per heavy atom. The van der Waals surface area contributed by atoms with E-state index in [2.05, 4.69) is 104 Å². The molecule has 0 unspecified atom stereocenters. The topological polar surface area (TPSA) is 38.9 Å². The average molecular weight is 745 g/mol. The monoisotopic (exact) mass is 745 g/mol. The van der Waals surface area contributed by atoms with Crippen molar-refractivity contribution in [1.29, 1.82) is 0 Å². The summed E-state index contributed by atoms with van der Waals surface area (Å²) in [5, 5.41) is 3.73. The van der Waals surface area contributed by atoms with Crippen LogP contribution in [0.2, 0.25) is 19.6 Å². The van der Waals surface area contributed by atoms with E-state index in [1.165, 1.54) is 34.5 Å². The molecule has 0 bridgehead atoms. The minimum Gasteiger partial charge on any atom is -0.501 e. The van der Waals surface area contributed by atoms with Crippen molar-refractivity contribution >= 4 is 35.2 Å². The number of benzene rings is 3. The number of aromatic nitrogens is 2. The number of rotatable bonds is 5. The molecule has 215 valence electrons. The molecule has 0 aliphatic heterocycles. The number of fused-ring (bicyclic) bond motifs is 3. The fourth-order valence-electron chi connectivity index (χ4n) is 5.26. The van der Waals surface area contributed by atoms with Crippen LogP contribution >= 0.6 is 0 Å². The van der Waals surface area contributed by atoms with Gasteiger partial charge in [-0.05, 0) is 52.9 Å². The van der Waals surface area contributed by atoms with E-state index < -0.39 is 8.07 Å². The maximum atomic E-state index is 6.48. The molecule has 0 amide bonds. The number of furan rings is 1. The third-order valence-electron chi connectivity index (χ3n) is 7.79. The Labute approximate surface area is 263 Å². The number of hydrogen-bond donors (Lipinski definition) is 0. The number of pyridine rings is 2. The summed E-state index contributed by atoms with van der Waals surface area (Å²) in [6.45, 7) is 11.4. The Morgan fingerprint density at radius 3 is 2.29 bits per heavy atom. The predicted molar refractivity (Wildman–Crippen MR) is 173 cm³/mol. The predicted octanol–water partition coefficient (Wildman–Crippen LogP) is 9.54. The second kappa shape index (κ2) is 12.5. The fraction of sp³-hybridized carbons (Fsp3) is 0.243. The Hall–Kier alpha value is -3.37. The van der Waals surface area contributed by atoms with Crippen molar-refractivity contribution in [2.75, 3.05) is 0 Å². The third-order valence-corrected chi connectivity index (χ3v) is 9.80. The molecule has 1 fully saturated rings. The number of para-hydroxylation sites is 1. The van der Waals surface area contributed by atoms with Crippen molar-refractivity contribution in [1.82, 2.24) is 9.97 Å². The first kappa shape index (κ1) is 30.1. The molecule has 3 nitrogen and oxygen atoms in total. The molecule has 0 saturated heterocycles. The summed E-state index contributed by atoms with van der Waals surface area (Å²) in [4.78, 5) is 9.07. The van der Waals surface area contributed by atoms with Gasteiger partial charge in [-0.2, -0.15) is 0 Å². The van der Waals surface area contributed by atoms with E-state index in [1.54, 1.807) is 0 Å². The summed E-state index contributed by atoms with van der Waals surface area (Å²) in [5.74, 6) is 1.25. The van der Waals surface area contributed by atoms with Crippen LogP contribution in [0.5, 0.6) is 0 Å². The van der Waals surface area contributed by atoms with Crippen LogP contribution in [0.25, 0.3) is 44.5 Å². The molecule has 0 spiro atoms. The van der Waals surface area contributed by atoms with Crippen LogP contribution in [-0.4, -0.2) is 18.0 Å². The molecule has 1 aliphatic carbocycles. The van der Waals surface area contributed by atoms with E-state index in [0.717, 1.165) is 39.1 Å². The number of nitrogens with zero attached hydrogens (tertiary/aromatic N) is 2. The maximum Gasteiger partial charge on any atom is 0.120 e. The SMILES string of the molecule is CC(C)c1ccc(-c2[c-]cccc2)nc1.C[Si](C)(C)c1cccc2c1oc1c(-c3cc(C4CC4)ccn3)[c-]ccc12.[Ir]. The first-order chi connectivity index (χ1) is 19.8. The minimum atomic E-state index is -1.49. The first-order valence-electron chi connectivity index (χ1n) is 14.6. The van der Waals surface area contributed by atoms with Crippen molar-refractivity contribution in [2.24, 2.45) is 0 Å². The third kappa shape index (κ3) is 6.34. The molecule has 1 saturated carbocycles. The van der Waals surface area contributed by atoms with Crippen molar-refractivity contribution < 1.29 is 24.5 Å². The van der Waals surface area contributed by atoms with E-state index in [-0.39, 0.29) is 20.1 Å². The quantitative estimate of drug-likeness (QED) is 0.130. The first-order valence-corrected chi connectivity index (χ1v) is 18.1. The molecule has 42 heavy (non-hydrogen) atoms. The molecule has 5 heteroatoms. The van der Waals surface area contributed by atoms with E-state index in [1.807, 2.05) is 42.7 Å². The Bertz CT molecular complexity index is 1800. The smallest absolute Gasteiger partial charge is 0.120 e. The van der Waals surface area contributed by atoms with Gasteiger partial charge in [-0.25, -0.2) is 0 Å². The Kier molecular flexibility index (Phi) is 8.93. The molecular weight excluding hydrogens is 709 g/mol. The van der Waals surface area contributed by atoms with Crippen molar-refractivity contribution in [3.05, 3.63) is 115 Å². The van der Waals surface area contributed by atoms with E-state index in [0.29, 0.717) is 11.8 Å². The van der Waals surface area contributed by atoms with Crippen LogP contribution in [0.3, 0.4) is 0 Å². The van der Waals surface area contributed by atoms with Gasteiger partial charge in [0.15, 0.2) is 0 Å². The second-order valence-electron chi connectivity index (χ2n) is 12.3. The molecule has 3 aromatic carbocycles. The van der Waals surface area contributed by atoms with Crippen LogP contribution in [0, 0.1) is 12.1 Å². The zero-order valence-corrected chi connectivity index (χ0v) is 28.3. The summed E-state index contributed by atoms with van der Waals surface area (Å²) in [5.41, 5.74) is 8.59. The second-order valence-corrected chi connectivity index (χ2v) is 17.3. The molecule has 3 aromatic heterocycles. The van der Waals surface area contributed by atoms with Crippen molar-refractivity contribution in [2.45, 2.75) is 58.2 Å². The standard InChI is InChI=1S/C23H22NOSi.C14H14N.Ir/c1-26(2,3)21-9-5-7-18-17-6-4-8-19(22(17)25-23(18)21)20-14-16(12-13-24-20)15-10-11-15;1-11(2)13-8-9-14(15-10-13)12-6-4-3-5-7-12;/h4-7,9,12-15H,10-11H2,1-3H3;3-6,8-11H,1-2H3;/q2*-1;. The largest absolute Gasteiger partial charge is 0.501 e. The zero-order valence-electron chi connectivity index (χ0n) is 24.9. The van der Waals surface area contributed by atoms with Gasteiger partial charge in [0.1, 0.15) is 5.58 Å². The van der Waals surface area contributed by atoms with Gasteiger partial charge in [-0.15, -0.1) is 54.1 Å². The normalized spacial score (nSPS) is 13.1. The van der Waals surface area contributed by atoms with Crippen LogP contribution < -0.4 is 5.19 Å². The van der Waals surface area contributed by atoms with Gasteiger partial charge in [-0.1, -0.05) is 86.4 Å². The summed E-state index contributed by atoms with van der Waals surface area (Å²) in [6.07, 6.45) is 6.45. The van der Waals surface area contributed by atoms with Gasteiger partial charge >= 0.3 is 0 Å². The molecule has 7 rings (SSSR count). The van der Waals surface area contributed by atoms with Gasteiger partial charge in [0.05, 0.1) is 13.7 Å². The summed E-state index contributed by atoms with van der Waals surface area (Å²) >= 11 is 0. The Morgan fingerprint density at radius 1 is 0.810 bits per heavy atom. The van der Waals surface area contributed by atoms with Crippen LogP contribution in [0.1, 0.15) is 49.7 Å². The molecule has 1 radical (unpaired) electrons. The van der Waals surface area contributed by atoms with Crippen molar-refractivity contribution in [3.8, 4) is 22.5 Å². The van der Waals surface area contributed by atoms with Gasteiger partial charge < -0.3 is 14.4 Å². The van der Waals surface area contributed by atoms with Gasteiger partial charge in [0, 0.05) is 37.9 Å². The number of hydrogen-bond acceptors (Lipinski definition) is 3. The minimum absolute atomic E-state index is 0. The fourth-order valence-corrected chi connectivity index (χ4v) is 6.72. The molecule has 0 N–H and O–H groups in total. The zero-order chi connectivity index (χ0) is 28.6. The maximum absolute atomic E-state index is 6.48. The molecule has 1 aliphatic rings. The van der Waals surface area contributed by atoms with Gasteiger partial charge in [0.25, 0.3) is 0 Å². The molecular formula is C37H36IrN2OSi-2. The van der Waals surface area contributed by atoms with Crippen molar-refractivity contribution in [3.63, 3.8) is 0 Å². The van der Waals surface area contributed by atoms with Crippen LogP contribution in [0.4, 0.5) is 0 Å². The van der Waals surface area contributed by atoms with E-state index >= 15 is 0 Å². The van der Waals surface area contributed by atoms with Gasteiger partial charge in [0.2, 0.25) is 0 Å². The Balaban J connectivity index is 0.000000189. The van der Waals surface area contributed by atoms with E-state index in [4.69, 9.17) is 4.42 Å². The molecule has 0 atom stereocenters. The average Bonchev–Trinajstić information content (AvgIpc) is 3.77. The van der Waals surface area contributed by atoms with Crippen LogP contribution in [-0.2, 0) is 20.1 Å². The van der Waals surface area contributed by atoms with Gasteiger partial charge in [-0.3, -0.25) is 0 Å². The van der Waals surface area contributed by atoms with E-state index in [9.17, 15) is 0 Å². The summed E-state index contributed by atoms with van der Waals surface area (Å²) < 4.78 is 6.48. The summed E-state index contributed by atoms with van der Waals surface area (Å²) in [7, 11) is -1.49.